The van der Waals surface area contributed by atoms with Gasteiger partial charge in [0.25, 0.3) is 0 Å². The van der Waals surface area contributed by atoms with Gasteiger partial charge < -0.3 is 5.11 Å². The molecule has 5 nitrogen and oxygen atoms in total. The summed E-state index contributed by atoms with van der Waals surface area (Å²) < 4.78 is 2.00. The highest BCUT2D eigenvalue weighted by Crippen LogP contribution is 2.26. The molecule has 1 aromatic heterocycles. The molecule has 5 heteroatoms. The van der Waals surface area contributed by atoms with Crippen LogP contribution in [-0.2, 0) is 17.9 Å². The van der Waals surface area contributed by atoms with Gasteiger partial charge in [-0.2, -0.15) is 5.10 Å². The fourth-order valence-electron chi connectivity index (χ4n) is 3.24. The number of rotatable bonds is 7. The Hall–Kier alpha value is -1.36. The maximum atomic E-state index is 10.9. The zero-order valence-electron chi connectivity index (χ0n) is 13.2. The van der Waals surface area contributed by atoms with Crippen molar-refractivity contribution in [3.05, 3.63) is 18.0 Å². The summed E-state index contributed by atoms with van der Waals surface area (Å²) in [6, 6.07) is 0. The van der Waals surface area contributed by atoms with Gasteiger partial charge in [-0.25, -0.2) is 0 Å². The first-order valence-corrected chi connectivity index (χ1v) is 8.04. The molecule has 1 saturated heterocycles. The van der Waals surface area contributed by atoms with Crippen LogP contribution < -0.4 is 0 Å². The van der Waals surface area contributed by atoms with E-state index in [2.05, 4.69) is 30.0 Å². The van der Waals surface area contributed by atoms with E-state index in [0.29, 0.717) is 5.92 Å². The third-order valence-corrected chi connectivity index (χ3v) is 4.39. The lowest BCUT2D eigenvalue weighted by Gasteiger charge is -2.35. The summed E-state index contributed by atoms with van der Waals surface area (Å²) in [5.41, 5.74) is 1.26. The molecule has 2 unspecified atom stereocenters. The number of carboxylic acid groups (broad SMARTS) is 1. The third kappa shape index (κ3) is 4.84. The van der Waals surface area contributed by atoms with Crippen molar-refractivity contribution in [1.29, 1.82) is 0 Å². The number of hydrogen-bond donors (Lipinski definition) is 1. The highest BCUT2D eigenvalue weighted by Gasteiger charge is 2.26. The number of likely N-dealkylation sites (tertiary alicyclic amines) is 1. The van der Waals surface area contributed by atoms with Crippen LogP contribution in [0.1, 0.15) is 45.1 Å². The average molecular weight is 293 g/mol. The second-order valence-corrected chi connectivity index (χ2v) is 6.32. The van der Waals surface area contributed by atoms with Gasteiger partial charge in [0.05, 0.1) is 6.20 Å². The maximum absolute atomic E-state index is 10.9. The molecule has 1 aliphatic rings. The fourth-order valence-corrected chi connectivity index (χ4v) is 3.24. The number of carboxylic acids is 1. The molecule has 2 rings (SSSR count). The number of carbonyl (C=O) groups is 1. The van der Waals surface area contributed by atoms with Gasteiger partial charge in [-0.05, 0) is 37.6 Å². The molecule has 1 aliphatic heterocycles. The van der Waals surface area contributed by atoms with Gasteiger partial charge in [0.1, 0.15) is 0 Å². The van der Waals surface area contributed by atoms with Gasteiger partial charge in [-0.15, -0.1) is 0 Å². The van der Waals surface area contributed by atoms with Crippen molar-refractivity contribution in [3.8, 4) is 0 Å². The summed E-state index contributed by atoms with van der Waals surface area (Å²) in [5.74, 6) is 0.0779. The molecule has 2 atom stereocenters. The normalized spacial score (nSPS) is 21.3. The highest BCUT2D eigenvalue weighted by atomic mass is 16.4. The predicted octanol–water partition coefficient (Wildman–Crippen LogP) is 2.62. The highest BCUT2D eigenvalue weighted by molar-refractivity contribution is 5.67. The predicted molar refractivity (Wildman–Crippen MR) is 81.9 cm³/mol. The van der Waals surface area contributed by atoms with Crippen molar-refractivity contribution >= 4 is 5.97 Å². The number of aliphatic carboxylic acids is 1. The van der Waals surface area contributed by atoms with Crippen LogP contribution in [0.25, 0.3) is 0 Å². The van der Waals surface area contributed by atoms with E-state index in [1.807, 2.05) is 10.9 Å². The number of aromatic nitrogens is 2. The van der Waals surface area contributed by atoms with Crippen molar-refractivity contribution in [2.24, 2.45) is 11.8 Å². The molecule has 0 radical (unpaired) electrons. The number of aryl methyl sites for hydroxylation is 1. The van der Waals surface area contributed by atoms with Crippen LogP contribution in [0.5, 0.6) is 0 Å². The van der Waals surface area contributed by atoms with E-state index in [-0.39, 0.29) is 12.3 Å². The quantitative estimate of drug-likeness (QED) is 0.839. The Morgan fingerprint density at radius 1 is 1.57 bits per heavy atom. The molecule has 1 fully saturated rings. The first-order valence-electron chi connectivity index (χ1n) is 8.04. The molecule has 2 heterocycles. The summed E-state index contributed by atoms with van der Waals surface area (Å²) >= 11 is 0. The summed E-state index contributed by atoms with van der Waals surface area (Å²) in [6.07, 6.45) is 7.79. The molecule has 0 spiro atoms. The largest absolute Gasteiger partial charge is 0.481 e. The van der Waals surface area contributed by atoms with Crippen LogP contribution in [0.2, 0.25) is 0 Å². The van der Waals surface area contributed by atoms with Gasteiger partial charge in [-0.1, -0.05) is 13.8 Å². The average Bonchev–Trinajstić information content (AvgIpc) is 2.86. The third-order valence-electron chi connectivity index (χ3n) is 4.39. The second kappa shape index (κ2) is 7.59. The van der Waals surface area contributed by atoms with Crippen LogP contribution in [0, 0.1) is 11.8 Å². The summed E-state index contributed by atoms with van der Waals surface area (Å²) in [6.45, 7) is 8.24. The van der Waals surface area contributed by atoms with E-state index >= 15 is 0 Å². The summed E-state index contributed by atoms with van der Waals surface area (Å²) in [5, 5.41) is 13.3. The standard InChI is InChI=1S/C16H27N3O2/c1-3-6-19-11-14(9-17-19)10-18-7-4-5-15(12-18)13(2)8-16(20)21/h9,11,13,15H,3-8,10,12H2,1-2H3,(H,20,21). The minimum atomic E-state index is -0.680. The van der Waals surface area contributed by atoms with Gasteiger partial charge in [0.2, 0.25) is 0 Å². The zero-order chi connectivity index (χ0) is 15.2. The molecule has 21 heavy (non-hydrogen) atoms. The molecular formula is C16H27N3O2. The van der Waals surface area contributed by atoms with E-state index in [4.69, 9.17) is 5.11 Å². The van der Waals surface area contributed by atoms with Gasteiger partial charge in [0, 0.05) is 37.8 Å². The smallest absolute Gasteiger partial charge is 0.303 e. The Balaban J connectivity index is 1.86. The lowest BCUT2D eigenvalue weighted by Crippen LogP contribution is -2.37. The van der Waals surface area contributed by atoms with Crippen LogP contribution in [-0.4, -0.2) is 38.8 Å². The molecule has 0 aliphatic carbocycles. The van der Waals surface area contributed by atoms with E-state index < -0.39 is 5.97 Å². The summed E-state index contributed by atoms with van der Waals surface area (Å²) in [7, 11) is 0. The zero-order valence-corrected chi connectivity index (χ0v) is 13.2. The van der Waals surface area contributed by atoms with Crippen LogP contribution in [0.15, 0.2) is 12.4 Å². The monoisotopic (exact) mass is 293 g/mol. The van der Waals surface area contributed by atoms with E-state index in [1.54, 1.807) is 0 Å². The van der Waals surface area contributed by atoms with Crippen molar-refractivity contribution < 1.29 is 9.90 Å². The maximum Gasteiger partial charge on any atom is 0.303 e. The van der Waals surface area contributed by atoms with E-state index in [0.717, 1.165) is 45.4 Å². The number of piperidine rings is 1. The first-order chi connectivity index (χ1) is 10.1. The molecule has 0 bridgehead atoms. The molecule has 1 aromatic rings. The molecular weight excluding hydrogens is 266 g/mol. The Morgan fingerprint density at radius 2 is 2.38 bits per heavy atom. The number of hydrogen-bond acceptors (Lipinski definition) is 3. The van der Waals surface area contributed by atoms with Gasteiger partial charge in [0.15, 0.2) is 0 Å². The second-order valence-electron chi connectivity index (χ2n) is 6.32. The molecule has 0 aromatic carbocycles. The minimum absolute atomic E-state index is 0.258. The van der Waals surface area contributed by atoms with E-state index in [1.165, 1.54) is 5.56 Å². The Bertz CT molecular complexity index is 458. The van der Waals surface area contributed by atoms with Crippen LogP contribution in [0.4, 0.5) is 0 Å². The topological polar surface area (TPSA) is 58.4 Å². The molecule has 118 valence electrons. The Kier molecular flexibility index (Phi) is 5.79. The fraction of sp³-hybridized carbons (Fsp3) is 0.750. The van der Waals surface area contributed by atoms with Crippen LogP contribution >= 0.6 is 0 Å². The molecule has 0 saturated carbocycles. The van der Waals surface area contributed by atoms with Crippen molar-refractivity contribution in [3.63, 3.8) is 0 Å². The molecule has 0 amide bonds. The van der Waals surface area contributed by atoms with Crippen LogP contribution in [0.3, 0.4) is 0 Å². The van der Waals surface area contributed by atoms with E-state index in [9.17, 15) is 4.79 Å². The van der Waals surface area contributed by atoms with Gasteiger partial charge in [-0.3, -0.25) is 14.4 Å². The Morgan fingerprint density at radius 3 is 3.10 bits per heavy atom. The SMILES string of the molecule is CCCn1cc(CN2CCCC(C(C)CC(=O)O)C2)cn1. The van der Waals surface area contributed by atoms with Crippen molar-refractivity contribution in [1.82, 2.24) is 14.7 Å². The number of nitrogens with zero attached hydrogens (tertiary/aromatic N) is 3. The van der Waals surface area contributed by atoms with Crippen molar-refractivity contribution in [2.45, 2.75) is 52.6 Å². The lowest BCUT2D eigenvalue weighted by atomic mass is 9.84. The Labute approximate surface area is 126 Å². The molecule has 1 N–H and O–H groups in total. The first kappa shape index (κ1) is 16.0. The minimum Gasteiger partial charge on any atom is -0.481 e. The van der Waals surface area contributed by atoms with Crippen molar-refractivity contribution in [2.75, 3.05) is 13.1 Å². The summed E-state index contributed by atoms with van der Waals surface area (Å²) in [4.78, 5) is 13.3. The van der Waals surface area contributed by atoms with Gasteiger partial charge >= 0.3 is 5.97 Å². The lowest BCUT2D eigenvalue weighted by molar-refractivity contribution is -0.138.